The minimum absolute atomic E-state index is 0.00688. The first-order valence-electron chi connectivity index (χ1n) is 29.3. The van der Waals surface area contributed by atoms with Crippen LogP contribution in [0.4, 0.5) is 0 Å². The lowest BCUT2D eigenvalue weighted by Gasteiger charge is -2.21. The van der Waals surface area contributed by atoms with Crippen LogP contribution in [0.5, 0.6) is 0 Å². The molecule has 0 aromatic carbocycles. The molecule has 0 aliphatic heterocycles. The lowest BCUT2D eigenvalue weighted by Crippen LogP contribution is -2.45. The highest BCUT2D eigenvalue weighted by Crippen LogP contribution is 2.17. The molecule has 0 rings (SSSR count). The molecule has 0 heterocycles. The van der Waals surface area contributed by atoms with Gasteiger partial charge in [-0.2, -0.15) is 0 Å². The zero-order chi connectivity index (χ0) is 47.2. The first kappa shape index (κ1) is 63.6. The molecule has 3 unspecified atom stereocenters. The molecule has 0 fully saturated rings. The van der Waals surface area contributed by atoms with Crippen LogP contribution in [0.3, 0.4) is 0 Å². The quantitative estimate of drug-likeness (QED) is 0.0361. The van der Waals surface area contributed by atoms with Crippen molar-refractivity contribution in [2.75, 3.05) is 6.61 Å². The Hall–Kier alpha value is -1.43. The van der Waals surface area contributed by atoms with Gasteiger partial charge in [0.25, 0.3) is 0 Å². The predicted molar refractivity (Wildman–Crippen MR) is 287 cm³/mol. The molecule has 0 spiro atoms. The summed E-state index contributed by atoms with van der Waals surface area (Å²) in [6, 6.07) is -0.762. The summed E-state index contributed by atoms with van der Waals surface area (Å²) in [5, 5.41) is 33.5. The third-order valence-corrected chi connectivity index (χ3v) is 13.6. The van der Waals surface area contributed by atoms with Crippen LogP contribution in [-0.2, 0) is 4.79 Å². The first-order chi connectivity index (χ1) is 32.0. The van der Waals surface area contributed by atoms with Gasteiger partial charge >= 0.3 is 0 Å². The highest BCUT2D eigenvalue weighted by atomic mass is 16.3. The van der Waals surface area contributed by atoms with Crippen LogP contribution in [0.15, 0.2) is 36.5 Å². The maximum Gasteiger partial charge on any atom is 0.222 e. The monoisotopic (exact) mass is 914 g/mol. The molecule has 3 atom stereocenters. The van der Waals surface area contributed by atoms with Crippen molar-refractivity contribution in [2.24, 2.45) is 0 Å². The zero-order valence-corrected chi connectivity index (χ0v) is 43.9. The smallest absolute Gasteiger partial charge is 0.222 e. The Morgan fingerprint density at radius 3 is 0.985 bits per heavy atom. The topological polar surface area (TPSA) is 89.8 Å². The summed E-state index contributed by atoms with van der Waals surface area (Å²) >= 11 is 0. The molecule has 0 aliphatic carbocycles. The van der Waals surface area contributed by atoms with Crippen molar-refractivity contribution in [3.05, 3.63) is 36.5 Å². The Labute approximate surface area is 406 Å². The number of aliphatic hydroxyl groups excluding tert-OH is 3. The summed E-state index contributed by atoms with van der Waals surface area (Å²) in [6.45, 7) is 4.24. The fraction of sp³-hybridized carbons (Fsp3) is 0.883. The molecule has 0 aromatic heterocycles. The molecule has 1 amide bonds. The molecular weight excluding hydrogens is 799 g/mol. The van der Waals surface area contributed by atoms with Crippen LogP contribution < -0.4 is 5.32 Å². The lowest BCUT2D eigenvalue weighted by atomic mass is 10.0. The van der Waals surface area contributed by atoms with Gasteiger partial charge < -0.3 is 20.6 Å². The van der Waals surface area contributed by atoms with E-state index in [2.05, 4.69) is 43.5 Å². The number of rotatable bonds is 54. The maximum absolute atomic E-state index is 12.5. The van der Waals surface area contributed by atoms with Gasteiger partial charge in [0.15, 0.2) is 0 Å². The summed E-state index contributed by atoms with van der Waals surface area (Å²) < 4.78 is 0. The van der Waals surface area contributed by atoms with Crippen molar-refractivity contribution in [3.63, 3.8) is 0 Å². The number of nitrogens with one attached hydrogen (secondary N) is 1. The Balaban J connectivity index is 3.58. The molecular formula is C60H115NO4. The van der Waals surface area contributed by atoms with Gasteiger partial charge in [-0.05, 0) is 57.8 Å². The number of hydrogen-bond donors (Lipinski definition) is 4. The van der Waals surface area contributed by atoms with Gasteiger partial charge in [-0.15, -0.1) is 0 Å². The van der Waals surface area contributed by atoms with Crippen molar-refractivity contribution < 1.29 is 20.1 Å². The zero-order valence-electron chi connectivity index (χ0n) is 43.9. The average molecular weight is 915 g/mol. The number of allylic oxidation sites excluding steroid dienone is 5. The highest BCUT2D eigenvalue weighted by Gasteiger charge is 2.20. The van der Waals surface area contributed by atoms with Gasteiger partial charge in [0, 0.05) is 0 Å². The molecule has 0 aromatic rings. The Morgan fingerprint density at radius 1 is 0.385 bits per heavy atom. The molecule has 0 saturated carbocycles. The van der Waals surface area contributed by atoms with E-state index in [0.29, 0.717) is 6.42 Å². The molecule has 5 nitrogen and oxygen atoms in total. The van der Waals surface area contributed by atoms with Crippen LogP contribution in [0, 0.1) is 0 Å². The van der Waals surface area contributed by atoms with Crippen molar-refractivity contribution in [1.82, 2.24) is 5.32 Å². The SMILES string of the molecule is CCCCCCCCCCCCCC/C=C\CCCCCCCCCCCCCC(O)CC(=O)NC(CO)C(O)/C=C/CC/C=C/CCCCCCCCCCCCCCCCCCC. The predicted octanol–water partition coefficient (Wildman–Crippen LogP) is 18.2. The van der Waals surface area contributed by atoms with Crippen molar-refractivity contribution in [2.45, 2.75) is 334 Å². The fourth-order valence-corrected chi connectivity index (χ4v) is 9.18. The minimum atomic E-state index is -0.953. The first-order valence-corrected chi connectivity index (χ1v) is 29.3. The second kappa shape index (κ2) is 55.2. The molecule has 0 saturated heterocycles. The fourth-order valence-electron chi connectivity index (χ4n) is 9.18. The van der Waals surface area contributed by atoms with Gasteiger partial charge in [-0.25, -0.2) is 0 Å². The van der Waals surface area contributed by atoms with E-state index < -0.39 is 18.2 Å². The normalized spacial score (nSPS) is 13.5. The van der Waals surface area contributed by atoms with E-state index in [9.17, 15) is 20.1 Å². The Bertz CT molecular complexity index is 1010. The molecule has 4 N–H and O–H groups in total. The molecule has 5 heteroatoms. The van der Waals surface area contributed by atoms with E-state index >= 15 is 0 Å². The number of carbonyl (C=O) groups excluding carboxylic acids is 1. The average Bonchev–Trinajstić information content (AvgIpc) is 3.30. The van der Waals surface area contributed by atoms with Crippen LogP contribution in [0.25, 0.3) is 0 Å². The third-order valence-electron chi connectivity index (χ3n) is 13.6. The summed E-state index contributed by atoms with van der Waals surface area (Å²) in [5.74, 6) is -0.322. The van der Waals surface area contributed by atoms with E-state index in [1.807, 2.05) is 6.08 Å². The summed E-state index contributed by atoms with van der Waals surface area (Å²) in [4.78, 5) is 12.5. The molecule has 0 radical (unpaired) electrons. The van der Waals surface area contributed by atoms with E-state index in [-0.39, 0.29) is 18.9 Å². The number of unbranched alkanes of at least 4 members (excludes halogenated alkanes) is 41. The van der Waals surface area contributed by atoms with Crippen LogP contribution in [-0.4, -0.2) is 46.1 Å². The molecule has 65 heavy (non-hydrogen) atoms. The maximum atomic E-state index is 12.5. The minimum Gasteiger partial charge on any atom is -0.394 e. The third kappa shape index (κ3) is 51.8. The second-order valence-corrected chi connectivity index (χ2v) is 20.2. The number of amides is 1. The van der Waals surface area contributed by atoms with E-state index in [1.54, 1.807) is 6.08 Å². The van der Waals surface area contributed by atoms with Crippen LogP contribution >= 0.6 is 0 Å². The molecule has 0 bridgehead atoms. The van der Waals surface area contributed by atoms with E-state index in [4.69, 9.17) is 0 Å². The van der Waals surface area contributed by atoms with Crippen molar-refractivity contribution >= 4 is 5.91 Å². The Morgan fingerprint density at radius 2 is 0.662 bits per heavy atom. The van der Waals surface area contributed by atoms with E-state index in [0.717, 1.165) is 32.1 Å². The van der Waals surface area contributed by atoms with Crippen LogP contribution in [0.1, 0.15) is 316 Å². The largest absolute Gasteiger partial charge is 0.394 e. The van der Waals surface area contributed by atoms with Crippen molar-refractivity contribution in [1.29, 1.82) is 0 Å². The summed E-state index contributed by atoms with van der Waals surface area (Å²) in [6.07, 6.45) is 72.0. The van der Waals surface area contributed by atoms with E-state index in [1.165, 1.54) is 257 Å². The van der Waals surface area contributed by atoms with Crippen LogP contribution in [0.2, 0.25) is 0 Å². The number of carbonyl (C=O) groups is 1. The standard InChI is InChI=1S/C60H115NO4/c1-3-5-7-9-11-13-15-17-19-21-23-25-27-28-29-30-32-33-35-37-39-41-43-45-47-49-51-53-57(63)55-60(65)61-58(56-62)59(64)54-52-50-48-46-44-42-40-38-36-34-31-26-24-22-20-18-16-14-12-10-8-6-4-2/h28-29,44,46,52,54,57-59,62-64H,3-27,30-43,45,47-51,53,55-56H2,1-2H3,(H,61,65)/b29-28-,46-44+,54-52+. The number of aliphatic hydroxyl groups is 3. The second-order valence-electron chi connectivity index (χ2n) is 20.2. The van der Waals surface area contributed by atoms with Gasteiger partial charge in [0.05, 0.1) is 31.3 Å². The highest BCUT2D eigenvalue weighted by molar-refractivity contribution is 5.76. The van der Waals surface area contributed by atoms with Gasteiger partial charge in [0.2, 0.25) is 5.91 Å². The van der Waals surface area contributed by atoms with Crippen molar-refractivity contribution in [3.8, 4) is 0 Å². The molecule has 0 aliphatic rings. The Kier molecular flexibility index (Phi) is 54.0. The summed E-state index contributed by atoms with van der Waals surface area (Å²) in [7, 11) is 0. The van der Waals surface area contributed by atoms with Gasteiger partial charge in [-0.1, -0.05) is 288 Å². The van der Waals surface area contributed by atoms with Gasteiger partial charge in [0.1, 0.15) is 0 Å². The molecule has 384 valence electrons. The number of hydrogen-bond acceptors (Lipinski definition) is 4. The lowest BCUT2D eigenvalue weighted by molar-refractivity contribution is -0.124. The van der Waals surface area contributed by atoms with Gasteiger partial charge in [-0.3, -0.25) is 4.79 Å². The summed E-state index contributed by atoms with van der Waals surface area (Å²) in [5.41, 5.74) is 0.